The van der Waals surface area contributed by atoms with Gasteiger partial charge in [0.1, 0.15) is 15.7 Å². The first-order valence-electron chi connectivity index (χ1n) is 6.43. The van der Waals surface area contributed by atoms with E-state index in [9.17, 15) is 17.6 Å². The Morgan fingerprint density at radius 1 is 1.15 bits per heavy atom. The number of sulfone groups is 1. The molecule has 0 unspecified atom stereocenters. The molecule has 0 aliphatic rings. The topological polar surface area (TPSA) is 60.4 Å². The van der Waals surface area contributed by atoms with Crippen LogP contribution >= 0.6 is 0 Å². The molecule has 0 saturated heterocycles. The summed E-state index contributed by atoms with van der Waals surface area (Å²) in [7, 11) is -1.61. The molecule has 112 valence electrons. The molecule has 0 aliphatic heterocycles. The molecule has 0 spiro atoms. The molecule has 4 nitrogen and oxygen atoms in total. The number of benzene rings is 1. The number of hydrogen-bond acceptors (Lipinski definition) is 4. The molecule has 1 aromatic rings. The molecule has 0 fully saturated rings. The fourth-order valence-electron chi connectivity index (χ4n) is 1.76. The molecule has 20 heavy (non-hydrogen) atoms. The molecule has 1 rings (SSSR count). The highest BCUT2D eigenvalue weighted by molar-refractivity contribution is 7.91. The van der Waals surface area contributed by atoms with Crippen LogP contribution in [0.1, 0.15) is 29.6 Å². The van der Waals surface area contributed by atoms with Gasteiger partial charge in [0.15, 0.2) is 5.78 Å². The lowest BCUT2D eigenvalue weighted by atomic mass is 10.1. The van der Waals surface area contributed by atoms with Crippen molar-refractivity contribution in [2.45, 2.75) is 19.3 Å². The van der Waals surface area contributed by atoms with Crippen LogP contribution < -0.4 is 0 Å². The third-order valence-electron chi connectivity index (χ3n) is 2.83. The quantitative estimate of drug-likeness (QED) is 0.518. The fourth-order valence-corrected chi connectivity index (χ4v) is 3.10. The minimum atomic E-state index is -3.13. The van der Waals surface area contributed by atoms with Crippen molar-refractivity contribution in [3.63, 3.8) is 0 Å². The second-order valence-electron chi connectivity index (χ2n) is 4.53. The summed E-state index contributed by atoms with van der Waals surface area (Å²) in [5.74, 6) is -0.505. The average Bonchev–Trinajstić information content (AvgIpc) is 2.39. The molecule has 1 aromatic carbocycles. The van der Waals surface area contributed by atoms with Gasteiger partial charge in [-0.3, -0.25) is 4.79 Å². The maximum atomic E-state index is 12.7. The number of ether oxygens (including phenoxy) is 1. The number of methoxy groups -OCH3 is 1. The van der Waals surface area contributed by atoms with E-state index in [2.05, 4.69) is 0 Å². The number of ketones is 1. The van der Waals surface area contributed by atoms with Gasteiger partial charge in [-0.25, -0.2) is 12.8 Å². The highest BCUT2D eigenvalue weighted by atomic mass is 32.2. The van der Waals surface area contributed by atoms with Crippen LogP contribution in [0.5, 0.6) is 0 Å². The van der Waals surface area contributed by atoms with Gasteiger partial charge in [-0.05, 0) is 37.1 Å². The first-order valence-corrected chi connectivity index (χ1v) is 8.25. The third-order valence-corrected chi connectivity index (χ3v) is 4.65. The summed E-state index contributed by atoms with van der Waals surface area (Å²) in [6.45, 7) is 0.410. The normalized spacial score (nSPS) is 11.5. The lowest BCUT2D eigenvalue weighted by Crippen LogP contribution is -2.14. The molecule has 0 atom stereocenters. The molecule has 0 saturated carbocycles. The zero-order valence-corrected chi connectivity index (χ0v) is 12.3. The predicted molar refractivity (Wildman–Crippen MR) is 75.1 cm³/mol. The van der Waals surface area contributed by atoms with Crippen LogP contribution in [0.3, 0.4) is 0 Å². The van der Waals surface area contributed by atoms with E-state index in [1.807, 2.05) is 0 Å². The maximum Gasteiger partial charge on any atom is 0.162 e. The van der Waals surface area contributed by atoms with E-state index < -0.39 is 15.7 Å². The Balaban J connectivity index is 2.36. The molecule has 0 heterocycles. The summed E-state index contributed by atoms with van der Waals surface area (Å²) < 4.78 is 40.8. The van der Waals surface area contributed by atoms with Crippen molar-refractivity contribution in [1.82, 2.24) is 0 Å². The van der Waals surface area contributed by atoms with E-state index in [-0.39, 0.29) is 30.1 Å². The second kappa shape index (κ2) is 8.11. The summed E-state index contributed by atoms with van der Waals surface area (Å²) in [6, 6.07) is 5.25. The lowest BCUT2D eigenvalue weighted by molar-refractivity contribution is 0.0982. The third kappa shape index (κ3) is 6.25. The molecular weight excluding hydrogens is 283 g/mol. The minimum absolute atomic E-state index is 0.0103. The summed E-state index contributed by atoms with van der Waals surface area (Å²) in [5.41, 5.74) is 0.406. The molecule has 0 bridgehead atoms. The van der Waals surface area contributed by atoms with Crippen molar-refractivity contribution >= 4 is 15.6 Å². The van der Waals surface area contributed by atoms with Crippen LogP contribution in [0.2, 0.25) is 0 Å². The van der Waals surface area contributed by atoms with E-state index >= 15 is 0 Å². The molecule has 0 N–H and O–H groups in total. The highest BCUT2D eigenvalue weighted by Crippen LogP contribution is 2.08. The Morgan fingerprint density at radius 3 is 2.35 bits per heavy atom. The lowest BCUT2D eigenvalue weighted by Gasteiger charge is -2.04. The fraction of sp³-hybridized carbons (Fsp3) is 0.500. The predicted octanol–water partition coefficient (Wildman–Crippen LogP) is 2.24. The Kier molecular flexibility index (Phi) is 6.81. The first-order chi connectivity index (χ1) is 9.44. The van der Waals surface area contributed by atoms with Gasteiger partial charge in [0.05, 0.1) is 11.5 Å². The number of hydrogen-bond donors (Lipinski definition) is 0. The molecule has 0 aliphatic carbocycles. The van der Waals surface area contributed by atoms with Gasteiger partial charge in [-0.1, -0.05) is 0 Å². The second-order valence-corrected chi connectivity index (χ2v) is 6.84. The summed E-state index contributed by atoms with van der Waals surface area (Å²) >= 11 is 0. The Morgan fingerprint density at radius 2 is 1.75 bits per heavy atom. The molecule has 0 radical (unpaired) electrons. The Hall–Kier alpha value is -1.27. The van der Waals surface area contributed by atoms with Gasteiger partial charge in [0.25, 0.3) is 0 Å². The van der Waals surface area contributed by atoms with Gasteiger partial charge in [0.2, 0.25) is 0 Å². The average molecular weight is 302 g/mol. The van der Waals surface area contributed by atoms with Crippen LogP contribution in [0.15, 0.2) is 24.3 Å². The largest absolute Gasteiger partial charge is 0.385 e. The van der Waals surface area contributed by atoms with E-state index in [0.717, 1.165) is 0 Å². The number of Topliss-reactive ketones (excluding diaryl/α,β-unsaturated/α-hetero) is 1. The van der Waals surface area contributed by atoms with E-state index in [4.69, 9.17) is 4.74 Å². The minimum Gasteiger partial charge on any atom is -0.385 e. The first kappa shape index (κ1) is 16.8. The number of carbonyl (C=O) groups excluding carboxylic acids is 1. The summed E-state index contributed by atoms with van der Waals surface area (Å²) in [6.07, 6.45) is 0.894. The van der Waals surface area contributed by atoms with Crippen LogP contribution in [0.4, 0.5) is 4.39 Å². The Bertz CT molecular complexity index is 523. The van der Waals surface area contributed by atoms with Gasteiger partial charge in [0, 0.05) is 25.7 Å². The van der Waals surface area contributed by atoms with E-state index in [1.165, 1.54) is 31.4 Å². The SMILES string of the molecule is COCCCS(=O)(=O)CCCC(=O)c1ccc(F)cc1. The van der Waals surface area contributed by atoms with Crippen LogP contribution in [-0.2, 0) is 14.6 Å². The highest BCUT2D eigenvalue weighted by Gasteiger charge is 2.12. The van der Waals surface area contributed by atoms with Gasteiger partial charge in [-0.15, -0.1) is 0 Å². The maximum absolute atomic E-state index is 12.7. The van der Waals surface area contributed by atoms with Crippen molar-refractivity contribution in [3.05, 3.63) is 35.6 Å². The van der Waals surface area contributed by atoms with Crippen molar-refractivity contribution in [2.75, 3.05) is 25.2 Å². The molecule has 6 heteroatoms. The molecular formula is C14H19FO4S. The number of halogens is 1. The van der Waals surface area contributed by atoms with Crippen LogP contribution in [0, 0.1) is 5.82 Å². The van der Waals surface area contributed by atoms with Gasteiger partial charge < -0.3 is 4.74 Å². The standard InChI is InChI=1S/C14H19FO4S/c1-19-9-3-11-20(17,18)10-2-4-14(16)12-5-7-13(15)8-6-12/h5-8H,2-4,9-11H2,1H3. The van der Waals surface area contributed by atoms with Gasteiger partial charge >= 0.3 is 0 Å². The van der Waals surface area contributed by atoms with Crippen molar-refractivity contribution in [2.24, 2.45) is 0 Å². The smallest absolute Gasteiger partial charge is 0.162 e. The van der Waals surface area contributed by atoms with Crippen molar-refractivity contribution in [3.8, 4) is 0 Å². The zero-order valence-electron chi connectivity index (χ0n) is 11.5. The molecule has 0 aromatic heterocycles. The van der Waals surface area contributed by atoms with Crippen LogP contribution in [-0.4, -0.2) is 39.4 Å². The van der Waals surface area contributed by atoms with E-state index in [0.29, 0.717) is 18.6 Å². The number of rotatable bonds is 9. The monoisotopic (exact) mass is 302 g/mol. The summed E-state index contributed by atoms with van der Waals surface area (Å²) in [4.78, 5) is 11.8. The van der Waals surface area contributed by atoms with E-state index in [1.54, 1.807) is 0 Å². The number of carbonyl (C=O) groups is 1. The van der Waals surface area contributed by atoms with Crippen molar-refractivity contribution < 1.29 is 22.3 Å². The zero-order chi connectivity index (χ0) is 15.0. The Labute approximate surface area is 118 Å². The van der Waals surface area contributed by atoms with Gasteiger partial charge in [-0.2, -0.15) is 0 Å². The summed E-state index contributed by atoms with van der Waals surface area (Å²) in [5, 5.41) is 0. The van der Waals surface area contributed by atoms with Crippen molar-refractivity contribution in [1.29, 1.82) is 0 Å². The van der Waals surface area contributed by atoms with Crippen LogP contribution in [0.25, 0.3) is 0 Å². The molecule has 0 amide bonds.